The maximum atomic E-state index is 12.7. The van der Waals surface area contributed by atoms with E-state index >= 15 is 0 Å². The molecule has 0 saturated carbocycles. The lowest BCUT2D eigenvalue weighted by atomic mass is 9.74. The van der Waals surface area contributed by atoms with Gasteiger partial charge in [0.05, 0.1) is 4.88 Å². The molecule has 6 nitrogen and oxygen atoms in total. The second-order valence-electron chi connectivity index (χ2n) is 9.25. The van der Waals surface area contributed by atoms with Crippen molar-refractivity contribution in [2.45, 2.75) is 24.8 Å². The van der Waals surface area contributed by atoms with Crippen molar-refractivity contribution in [1.82, 2.24) is 20.0 Å². The standard InChI is InChI=1S/C25H31N5OS/c1-28(2)19-8-6-17(7-9-19)25(31)26-15-20-13-18-10-11-30(20)16-21(18)23-14-22(27-29(23)3)24-5-4-12-32-24/h4-9,12,14,18,20-21H,10-11,13,15-16H2,1-3H3,(H,26,31)/t18-,20+,21-/m0/s1. The molecule has 4 atom stereocenters. The van der Waals surface area contributed by atoms with Gasteiger partial charge in [0, 0.05) is 63.1 Å². The highest BCUT2D eigenvalue weighted by Crippen LogP contribution is 2.42. The first-order valence-electron chi connectivity index (χ1n) is 11.4. The highest BCUT2D eigenvalue weighted by Gasteiger charge is 2.41. The van der Waals surface area contributed by atoms with Gasteiger partial charge in [-0.3, -0.25) is 14.4 Å². The topological polar surface area (TPSA) is 53.4 Å². The van der Waals surface area contributed by atoms with Crippen LogP contribution in [0.5, 0.6) is 0 Å². The van der Waals surface area contributed by atoms with E-state index in [0.717, 1.165) is 36.5 Å². The van der Waals surface area contributed by atoms with Gasteiger partial charge in [-0.25, -0.2) is 0 Å². The monoisotopic (exact) mass is 449 g/mol. The molecule has 2 aromatic heterocycles. The zero-order valence-corrected chi connectivity index (χ0v) is 19.8. The van der Waals surface area contributed by atoms with Crippen LogP contribution in [0.15, 0.2) is 47.8 Å². The zero-order valence-electron chi connectivity index (χ0n) is 19.0. The first-order valence-corrected chi connectivity index (χ1v) is 12.2. The summed E-state index contributed by atoms with van der Waals surface area (Å²) >= 11 is 1.74. The zero-order chi connectivity index (χ0) is 22.2. The van der Waals surface area contributed by atoms with Crippen LogP contribution in [0.25, 0.3) is 10.6 Å². The Hall–Kier alpha value is -2.64. The number of rotatable bonds is 6. The number of aryl methyl sites for hydroxylation is 1. The molecule has 3 aliphatic heterocycles. The number of nitrogens with zero attached hydrogens (tertiary/aromatic N) is 4. The lowest BCUT2D eigenvalue weighted by Gasteiger charge is -2.50. The van der Waals surface area contributed by atoms with E-state index in [0.29, 0.717) is 24.4 Å². The third-order valence-corrected chi connectivity index (χ3v) is 7.98. The van der Waals surface area contributed by atoms with Gasteiger partial charge in [-0.2, -0.15) is 5.10 Å². The highest BCUT2D eigenvalue weighted by molar-refractivity contribution is 7.13. The van der Waals surface area contributed by atoms with Crippen LogP contribution in [0, 0.1) is 5.92 Å². The third kappa shape index (κ3) is 4.07. The first kappa shape index (κ1) is 21.2. The fourth-order valence-electron chi connectivity index (χ4n) is 5.28. The molecule has 3 aliphatic rings. The highest BCUT2D eigenvalue weighted by atomic mass is 32.1. The minimum absolute atomic E-state index is 0.0155. The second kappa shape index (κ2) is 8.71. The average molecular weight is 450 g/mol. The molecule has 7 heteroatoms. The predicted molar refractivity (Wildman–Crippen MR) is 130 cm³/mol. The Morgan fingerprint density at radius 1 is 1.25 bits per heavy atom. The van der Waals surface area contributed by atoms with Crippen molar-refractivity contribution in [3.63, 3.8) is 0 Å². The third-order valence-electron chi connectivity index (χ3n) is 7.09. The molecule has 2 bridgehead atoms. The van der Waals surface area contributed by atoms with E-state index in [1.165, 1.54) is 17.0 Å². The van der Waals surface area contributed by atoms with E-state index in [2.05, 4.69) is 45.5 Å². The molecule has 6 rings (SSSR count). The van der Waals surface area contributed by atoms with Gasteiger partial charge >= 0.3 is 0 Å². The lowest BCUT2D eigenvalue weighted by molar-refractivity contribution is 0.0280. The van der Waals surface area contributed by atoms with Crippen LogP contribution in [0.4, 0.5) is 5.69 Å². The number of fused-ring (bicyclic) bond motifs is 3. The lowest BCUT2D eigenvalue weighted by Crippen LogP contribution is -2.56. The van der Waals surface area contributed by atoms with Gasteiger partial charge in [0.15, 0.2) is 0 Å². The Morgan fingerprint density at radius 3 is 2.72 bits per heavy atom. The number of aromatic nitrogens is 2. The molecule has 3 fully saturated rings. The molecule has 1 aromatic carbocycles. The molecule has 1 amide bonds. The van der Waals surface area contributed by atoms with Crippen LogP contribution in [-0.4, -0.2) is 60.4 Å². The van der Waals surface area contributed by atoms with Crippen molar-refractivity contribution in [3.8, 4) is 10.6 Å². The van der Waals surface area contributed by atoms with Crippen LogP contribution >= 0.6 is 11.3 Å². The van der Waals surface area contributed by atoms with E-state index in [1.807, 2.05) is 43.3 Å². The number of amides is 1. The summed E-state index contributed by atoms with van der Waals surface area (Å²) in [6, 6.07) is 14.7. The molecular formula is C25H31N5OS. The number of thiophene rings is 1. The van der Waals surface area contributed by atoms with Gasteiger partial charge in [-0.1, -0.05) is 6.07 Å². The van der Waals surface area contributed by atoms with Crippen LogP contribution in [0.1, 0.15) is 34.8 Å². The van der Waals surface area contributed by atoms with Gasteiger partial charge in [-0.05, 0) is 67.1 Å². The number of carbonyl (C=O) groups excluding carboxylic acids is 1. The molecule has 3 saturated heterocycles. The Balaban J connectivity index is 1.22. The van der Waals surface area contributed by atoms with Crippen LogP contribution in [-0.2, 0) is 7.05 Å². The molecule has 1 N–H and O–H groups in total. The number of hydrogen-bond donors (Lipinski definition) is 1. The van der Waals surface area contributed by atoms with E-state index in [4.69, 9.17) is 5.10 Å². The summed E-state index contributed by atoms with van der Waals surface area (Å²) in [5.41, 5.74) is 4.24. The molecule has 1 unspecified atom stereocenters. The quantitative estimate of drug-likeness (QED) is 0.622. The van der Waals surface area contributed by atoms with E-state index in [-0.39, 0.29) is 5.91 Å². The molecule has 32 heavy (non-hydrogen) atoms. The van der Waals surface area contributed by atoms with Gasteiger partial charge in [0.1, 0.15) is 5.69 Å². The largest absolute Gasteiger partial charge is 0.378 e. The summed E-state index contributed by atoms with van der Waals surface area (Å²) in [5, 5.41) is 10.1. The van der Waals surface area contributed by atoms with Crippen molar-refractivity contribution >= 4 is 22.9 Å². The van der Waals surface area contributed by atoms with Crippen LogP contribution in [0.3, 0.4) is 0 Å². The molecule has 0 spiro atoms. The molecule has 0 radical (unpaired) electrons. The minimum Gasteiger partial charge on any atom is -0.378 e. The van der Waals surface area contributed by atoms with E-state index in [9.17, 15) is 4.79 Å². The van der Waals surface area contributed by atoms with Gasteiger partial charge < -0.3 is 10.2 Å². The average Bonchev–Trinajstić information content (AvgIpc) is 3.48. The van der Waals surface area contributed by atoms with Crippen molar-refractivity contribution < 1.29 is 4.79 Å². The predicted octanol–water partition coefficient (Wildman–Crippen LogP) is 3.82. The molecule has 5 heterocycles. The summed E-state index contributed by atoms with van der Waals surface area (Å²) in [4.78, 5) is 18.5. The Kier molecular flexibility index (Phi) is 5.78. The number of carbonyl (C=O) groups is 1. The Bertz CT molecular complexity index is 1070. The summed E-state index contributed by atoms with van der Waals surface area (Å²) in [7, 11) is 6.08. The Labute approximate surface area is 193 Å². The fraction of sp³-hybridized carbons (Fsp3) is 0.440. The normalized spacial score (nSPS) is 24.5. The summed E-state index contributed by atoms with van der Waals surface area (Å²) in [6.07, 6.45) is 2.35. The fourth-order valence-corrected chi connectivity index (χ4v) is 5.96. The van der Waals surface area contributed by atoms with Crippen LogP contribution in [0.2, 0.25) is 0 Å². The number of anilines is 1. The minimum atomic E-state index is 0.0155. The number of benzene rings is 1. The van der Waals surface area contributed by atoms with Crippen molar-refractivity contribution in [1.29, 1.82) is 0 Å². The van der Waals surface area contributed by atoms with E-state index in [1.54, 1.807) is 11.3 Å². The molecule has 0 aliphatic carbocycles. The van der Waals surface area contributed by atoms with Crippen molar-refractivity contribution in [2.24, 2.45) is 13.0 Å². The van der Waals surface area contributed by atoms with E-state index < -0.39 is 0 Å². The van der Waals surface area contributed by atoms with Gasteiger partial charge in [-0.15, -0.1) is 11.3 Å². The van der Waals surface area contributed by atoms with Crippen molar-refractivity contribution in [3.05, 3.63) is 59.1 Å². The van der Waals surface area contributed by atoms with Crippen LogP contribution < -0.4 is 10.2 Å². The number of nitrogens with one attached hydrogen (secondary N) is 1. The molecule has 168 valence electrons. The Morgan fingerprint density at radius 2 is 2.06 bits per heavy atom. The number of piperidine rings is 3. The van der Waals surface area contributed by atoms with Crippen molar-refractivity contribution in [2.75, 3.05) is 38.6 Å². The maximum Gasteiger partial charge on any atom is 0.251 e. The van der Waals surface area contributed by atoms with Gasteiger partial charge in [0.2, 0.25) is 0 Å². The molecular weight excluding hydrogens is 418 g/mol. The number of hydrogen-bond acceptors (Lipinski definition) is 5. The smallest absolute Gasteiger partial charge is 0.251 e. The molecule has 3 aromatic rings. The first-order chi connectivity index (χ1) is 15.5. The maximum absolute atomic E-state index is 12.7. The SMILES string of the molecule is CN(C)c1ccc(C(=O)NC[C@H]2C[C@@H]3CCN2C[C@@H]3c2cc(-c3cccs3)nn2C)cc1. The summed E-state index contributed by atoms with van der Waals surface area (Å²) in [5.74, 6) is 1.18. The summed E-state index contributed by atoms with van der Waals surface area (Å²) < 4.78 is 2.08. The summed E-state index contributed by atoms with van der Waals surface area (Å²) in [6.45, 7) is 2.88. The van der Waals surface area contributed by atoms with Gasteiger partial charge in [0.25, 0.3) is 5.91 Å². The second-order valence-corrected chi connectivity index (χ2v) is 10.2.